The second kappa shape index (κ2) is 4.78. The minimum absolute atomic E-state index is 0.0116. The zero-order chi connectivity index (χ0) is 12.6. The van der Waals surface area contributed by atoms with Crippen LogP contribution in [0.2, 0.25) is 0 Å². The van der Waals surface area contributed by atoms with Gasteiger partial charge in [0.25, 0.3) is 0 Å². The summed E-state index contributed by atoms with van der Waals surface area (Å²) in [5, 5.41) is 3.08. The van der Waals surface area contributed by atoms with Crippen LogP contribution in [-0.2, 0) is 4.79 Å². The molecule has 0 bridgehead atoms. The molecule has 3 nitrogen and oxygen atoms in total. The number of nitrogens with zero attached hydrogens (tertiary/aromatic N) is 1. The van der Waals surface area contributed by atoms with E-state index < -0.39 is 0 Å². The Bertz CT molecular complexity index is 427. The van der Waals surface area contributed by atoms with Crippen molar-refractivity contribution in [2.75, 3.05) is 13.6 Å². The van der Waals surface area contributed by atoms with Crippen LogP contribution in [0.25, 0.3) is 0 Å². The maximum Gasteiger partial charge on any atom is 0.240 e. The first-order valence-electron chi connectivity index (χ1n) is 6.09. The molecule has 0 radical (unpaired) electrons. The lowest BCUT2D eigenvalue weighted by molar-refractivity contribution is -0.131. The Morgan fingerprint density at radius 3 is 2.71 bits per heavy atom. The predicted molar refractivity (Wildman–Crippen MR) is 71.4 cm³/mol. The van der Waals surface area contributed by atoms with Gasteiger partial charge in [0, 0.05) is 16.3 Å². The normalized spacial score (nSPS) is 22.2. The monoisotopic (exact) mass is 252 g/mol. The number of hydrogen-bond acceptors (Lipinski definition) is 3. The van der Waals surface area contributed by atoms with E-state index in [1.54, 1.807) is 0 Å². The third kappa shape index (κ3) is 2.24. The molecule has 1 saturated heterocycles. The smallest absolute Gasteiger partial charge is 0.240 e. The van der Waals surface area contributed by atoms with Crippen molar-refractivity contribution in [1.82, 2.24) is 10.2 Å². The molecule has 4 heteroatoms. The van der Waals surface area contributed by atoms with Crippen LogP contribution in [0.3, 0.4) is 0 Å². The van der Waals surface area contributed by atoms with E-state index in [9.17, 15) is 4.79 Å². The van der Waals surface area contributed by atoms with Gasteiger partial charge in [-0.3, -0.25) is 4.79 Å². The highest BCUT2D eigenvalue weighted by Crippen LogP contribution is 2.32. The zero-order valence-electron chi connectivity index (χ0n) is 10.9. The molecule has 0 saturated carbocycles. The molecule has 0 aromatic carbocycles. The molecule has 1 aliphatic rings. The van der Waals surface area contributed by atoms with Gasteiger partial charge in [-0.1, -0.05) is 0 Å². The summed E-state index contributed by atoms with van der Waals surface area (Å²) in [6.45, 7) is 7.25. The summed E-state index contributed by atoms with van der Waals surface area (Å²) in [5.74, 6) is 0.239. The van der Waals surface area contributed by atoms with Gasteiger partial charge in [0.15, 0.2) is 0 Å². The van der Waals surface area contributed by atoms with Crippen molar-refractivity contribution in [3.63, 3.8) is 0 Å². The van der Waals surface area contributed by atoms with E-state index >= 15 is 0 Å². The fraction of sp³-hybridized carbons (Fsp3) is 0.615. The van der Waals surface area contributed by atoms with E-state index in [2.05, 4.69) is 32.2 Å². The van der Waals surface area contributed by atoms with Crippen molar-refractivity contribution >= 4 is 17.2 Å². The fourth-order valence-electron chi connectivity index (χ4n) is 2.59. The quantitative estimate of drug-likeness (QED) is 0.895. The number of carbonyl (C=O) groups is 1. The van der Waals surface area contributed by atoms with Crippen LogP contribution in [0.15, 0.2) is 6.07 Å². The summed E-state index contributed by atoms with van der Waals surface area (Å²) in [6.07, 6.45) is 0.918. The van der Waals surface area contributed by atoms with Crippen LogP contribution >= 0.6 is 11.3 Å². The van der Waals surface area contributed by atoms with Crippen LogP contribution in [0, 0.1) is 13.8 Å². The molecule has 1 N–H and O–H groups in total. The number of carbonyl (C=O) groups excluding carboxylic acids is 1. The average Bonchev–Trinajstić information content (AvgIpc) is 2.81. The summed E-state index contributed by atoms with van der Waals surface area (Å²) < 4.78 is 0. The first-order valence-corrected chi connectivity index (χ1v) is 6.91. The second-order valence-electron chi connectivity index (χ2n) is 4.71. The van der Waals surface area contributed by atoms with Crippen molar-refractivity contribution in [2.45, 2.75) is 39.3 Å². The minimum Gasteiger partial charge on any atom is -0.334 e. The molecule has 1 aliphatic heterocycles. The lowest BCUT2D eigenvalue weighted by Gasteiger charge is -2.25. The number of hydrogen-bond donors (Lipinski definition) is 1. The molecule has 2 unspecified atom stereocenters. The Balaban J connectivity index is 2.19. The Morgan fingerprint density at radius 1 is 1.53 bits per heavy atom. The van der Waals surface area contributed by atoms with Gasteiger partial charge < -0.3 is 10.2 Å². The lowest BCUT2D eigenvalue weighted by atomic mass is 10.1. The lowest BCUT2D eigenvalue weighted by Crippen LogP contribution is -2.37. The first kappa shape index (κ1) is 12.6. The number of likely N-dealkylation sites (N-methyl/N-ethyl adjacent to an activating group) is 1. The van der Waals surface area contributed by atoms with Gasteiger partial charge in [0.05, 0.1) is 12.1 Å². The van der Waals surface area contributed by atoms with Gasteiger partial charge >= 0.3 is 0 Å². The Hall–Kier alpha value is -0.870. The molecule has 94 valence electrons. The van der Waals surface area contributed by atoms with Crippen LogP contribution < -0.4 is 5.32 Å². The van der Waals surface area contributed by atoms with Crippen LogP contribution in [0.4, 0.5) is 0 Å². The molecule has 1 aromatic heterocycles. The molecule has 2 atom stereocenters. The van der Waals surface area contributed by atoms with E-state index in [1.165, 1.54) is 15.3 Å². The SMILES string of the molecule is CNC1CCN(C(C)c2cc(C)sc2C)C1=O. The highest BCUT2D eigenvalue weighted by atomic mass is 32.1. The van der Waals surface area contributed by atoms with Crippen LogP contribution in [0.1, 0.15) is 34.7 Å². The molecular weight excluding hydrogens is 232 g/mol. The topological polar surface area (TPSA) is 32.3 Å². The maximum atomic E-state index is 12.1. The van der Waals surface area contributed by atoms with Crippen molar-refractivity contribution in [3.8, 4) is 0 Å². The van der Waals surface area contributed by atoms with Gasteiger partial charge in [-0.05, 0) is 45.9 Å². The van der Waals surface area contributed by atoms with Gasteiger partial charge in [-0.25, -0.2) is 0 Å². The molecule has 2 rings (SSSR count). The van der Waals surface area contributed by atoms with Crippen LogP contribution in [-0.4, -0.2) is 30.4 Å². The molecule has 2 heterocycles. The minimum atomic E-state index is 0.0116. The molecular formula is C13H20N2OS. The average molecular weight is 252 g/mol. The highest BCUT2D eigenvalue weighted by Gasteiger charge is 2.34. The fourth-order valence-corrected chi connectivity index (χ4v) is 3.60. The first-order chi connectivity index (χ1) is 8.04. The summed E-state index contributed by atoms with van der Waals surface area (Å²) in [4.78, 5) is 16.8. The molecule has 1 amide bonds. The van der Waals surface area contributed by atoms with Crippen LogP contribution in [0.5, 0.6) is 0 Å². The summed E-state index contributed by atoms with van der Waals surface area (Å²) in [6, 6.07) is 2.42. The zero-order valence-corrected chi connectivity index (χ0v) is 11.7. The third-order valence-corrected chi connectivity index (χ3v) is 4.57. The van der Waals surface area contributed by atoms with Crippen molar-refractivity contribution in [1.29, 1.82) is 0 Å². The van der Waals surface area contributed by atoms with E-state index in [0.29, 0.717) is 0 Å². The number of rotatable bonds is 3. The largest absolute Gasteiger partial charge is 0.334 e. The number of amides is 1. The molecule has 0 spiro atoms. The van der Waals surface area contributed by atoms with Crippen molar-refractivity contribution in [2.24, 2.45) is 0 Å². The van der Waals surface area contributed by atoms with Gasteiger partial charge in [-0.15, -0.1) is 11.3 Å². The number of nitrogens with one attached hydrogen (secondary N) is 1. The van der Waals surface area contributed by atoms with Gasteiger partial charge in [0.2, 0.25) is 5.91 Å². The molecule has 1 fully saturated rings. The maximum absolute atomic E-state index is 12.1. The van der Waals surface area contributed by atoms with E-state index in [4.69, 9.17) is 0 Å². The Labute approximate surface area is 107 Å². The number of thiophene rings is 1. The van der Waals surface area contributed by atoms with Crippen molar-refractivity contribution in [3.05, 3.63) is 21.4 Å². The standard InChI is InChI=1S/C13H20N2OS/c1-8-7-11(10(3)17-8)9(2)15-6-5-12(14-4)13(15)16/h7,9,12,14H,5-6H2,1-4H3. The van der Waals surface area contributed by atoms with Gasteiger partial charge in [-0.2, -0.15) is 0 Å². The number of likely N-dealkylation sites (tertiary alicyclic amines) is 1. The van der Waals surface area contributed by atoms with E-state index in [-0.39, 0.29) is 18.0 Å². The van der Waals surface area contributed by atoms with Crippen molar-refractivity contribution < 1.29 is 4.79 Å². The predicted octanol–water partition coefficient (Wildman–Crippen LogP) is 2.25. The highest BCUT2D eigenvalue weighted by molar-refractivity contribution is 7.12. The Kier molecular flexibility index (Phi) is 3.54. The molecule has 1 aromatic rings. The number of aryl methyl sites for hydroxylation is 2. The van der Waals surface area contributed by atoms with Gasteiger partial charge in [0.1, 0.15) is 0 Å². The Morgan fingerprint density at radius 2 is 2.24 bits per heavy atom. The van der Waals surface area contributed by atoms with E-state index in [0.717, 1.165) is 13.0 Å². The second-order valence-corrected chi connectivity index (χ2v) is 6.17. The third-order valence-electron chi connectivity index (χ3n) is 3.59. The molecule has 17 heavy (non-hydrogen) atoms. The summed E-state index contributed by atoms with van der Waals surface area (Å²) in [7, 11) is 1.86. The summed E-state index contributed by atoms with van der Waals surface area (Å²) >= 11 is 1.81. The molecule has 0 aliphatic carbocycles. The summed E-state index contributed by atoms with van der Waals surface area (Å²) in [5.41, 5.74) is 1.30. The van der Waals surface area contributed by atoms with E-state index in [1.807, 2.05) is 23.3 Å².